The van der Waals surface area contributed by atoms with Gasteiger partial charge in [-0.25, -0.2) is 4.18 Å². The molecule has 3 fully saturated rings. The minimum Gasteiger partial charge on any atom is -0.390 e. The van der Waals surface area contributed by atoms with Gasteiger partial charge in [-0.15, -0.1) is 0 Å². The lowest BCUT2D eigenvalue weighted by molar-refractivity contribution is 0.0596. The zero-order valence-corrected chi connectivity index (χ0v) is 20.8. The number of hydrogen-bond donors (Lipinski definition) is 2. The largest absolute Gasteiger partial charge is 0.397 e. The molecular formula is C27H44O5S. The Labute approximate surface area is 209 Å². The zero-order chi connectivity index (χ0) is 29.4. The molecule has 0 saturated heterocycles. The van der Waals surface area contributed by atoms with Gasteiger partial charge in [-0.05, 0) is 93.8 Å². The summed E-state index contributed by atoms with van der Waals surface area (Å²) in [7, 11) is -4.51. The summed E-state index contributed by atoms with van der Waals surface area (Å²) in [5, 5.41) is 10.6. The van der Waals surface area contributed by atoms with Gasteiger partial charge in [0.25, 0.3) is 0 Å². The van der Waals surface area contributed by atoms with Crippen LogP contribution in [0.5, 0.6) is 0 Å². The van der Waals surface area contributed by atoms with E-state index in [1.165, 1.54) is 5.57 Å². The Bertz CT molecular complexity index is 1060. The van der Waals surface area contributed by atoms with Crippen LogP contribution in [0.15, 0.2) is 35.5 Å². The Hall–Kier alpha value is -0.950. The fourth-order valence-electron chi connectivity index (χ4n) is 6.73. The number of rotatable bonds is 8. The maximum Gasteiger partial charge on any atom is 0.397 e. The standard InChI is InChI=1S/C27H44O5S/c1-19-10-13-23(32-33(29,30)31)18-22(19)12-11-21-9-7-17-27(5)24(14-15-25(21)27)20(2)8-6-16-26(3,4)28/h11-12,20,23-25,28H,1,6-10,13-18H2,2-5H3,(H,29,30,31)/b21-11+,22-12-/t20-,23+,24-,25+,27-/m1/s1/i3D3,4D3. The Morgan fingerprint density at radius 1 is 1.30 bits per heavy atom. The van der Waals surface area contributed by atoms with Gasteiger partial charge in [-0.2, -0.15) is 8.42 Å². The Morgan fingerprint density at radius 3 is 2.76 bits per heavy atom. The van der Waals surface area contributed by atoms with Crippen molar-refractivity contribution in [1.29, 1.82) is 0 Å². The molecule has 0 bridgehead atoms. The monoisotopic (exact) mass is 486 g/mol. The molecule has 3 aliphatic rings. The van der Waals surface area contributed by atoms with Crippen LogP contribution >= 0.6 is 0 Å². The first kappa shape index (κ1) is 19.3. The van der Waals surface area contributed by atoms with Crippen LogP contribution in [0.25, 0.3) is 0 Å². The summed E-state index contributed by atoms with van der Waals surface area (Å²) in [5.74, 6) is 1.07. The second-order valence-corrected chi connectivity index (χ2v) is 11.8. The SMILES string of the molecule is [2H]C([2H])([2H])C(O)(CCC[C@@H](C)[C@H]1CC[C@H]2/C(=C/C=C3/C[C@@H](OS(=O)(=O)O)CCC3=C)CCC[C@]12C)C([2H])([2H])[2H]. The summed E-state index contributed by atoms with van der Waals surface area (Å²) >= 11 is 0. The molecule has 0 aromatic heterocycles. The molecular weight excluding hydrogens is 436 g/mol. The van der Waals surface area contributed by atoms with Crippen LogP contribution in [0, 0.1) is 23.2 Å². The molecule has 6 heteroatoms. The third kappa shape index (κ3) is 7.03. The molecule has 3 saturated carbocycles. The van der Waals surface area contributed by atoms with E-state index in [0.29, 0.717) is 43.9 Å². The topological polar surface area (TPSA) is 83.8 Å². The maximum absolute atomic E-state index is 11.2. The summed E-state index contributed by atoms with van der Waals surface area (Å²) in [5.41, 5.74) is 0.633. The molecule has 3 aliphatic carbocycles. The Kier molecular flexibility index (Phi) is 6.04. The van der Waals surface area contributed by atoms with Gasteiger partial charge in [-0.3, -0.25) is 4.55 Å². The van der Waals surface area contributed by atoms with Crippen molar-refractivity contribution < 1.29 is 30.5 Å². The molecule has 0 amide bonds. The minimum absolute atomic E-state index is 0.0759. The molecule has 2 N–H and O–H groups in total. The van der Waals surface area contributed by atoms with Crippen molar-refractivity contribution in [3.05, 3.63) is 35.5 Å². The highest BCUT2D eigenvalue weighted by Crippen LogP contribution is 2.60. The molecule has 0 heterocycles. The van der Waals surface area contributed by atoms with Crippen molar-refractivity contribution in [1.82, 2.24) is 0 Å². The van der Waals surface area contributed by atoms with Crippen LogP contribution in [0.4, 0.5) is 0 Å². The minimum atomic E-state index is -4.51. The molecule has 33 heavy (non-hydrogen) atoms. The van der Waals surface area contributed by atoms with Crippen LogP contribution in [0.1, 0.15) is 106 Å². The predicted octanol–water partition coefficient (Wildman–Crippen LogP) is 6.56. The van der Waals surface area contributed by atoms with E-state index < -0.39 is 35.8 Å². The van der Waals surface area contributed by atoms with Crippen molar-refractivity contribution in [2.45, 2.75) is 110 Å². The highest BCUT2D eigenvalue weighted by molar-refractivity contribution is 7.80. The van der Waals surface area contributed by atoms with Gasteiger partial charge in [0.2, 0.25) is 0 Å². The average Bonchev–Trinajstić information content (AvgIpc) is 3.14. The third-order valence-corrected chi connectivity index (χ3v) is 8.86. The van der Waals surface area contributed by atoms with Gasteiger partial charge in [0.05, 0.1) is 11.7 Å². The van der Waals surface area contributed by atoms with E-state index in [0.717, 1.165) is 43.3 Å². The van der Waals surface area contributed by atoms with Crippen molar-refractivity contribution in [3.8, 4) is 0 Å². The van der Waals surface area contributed by atoms with Crippen LogP contribution in [0.2, 0.25) is 0 Å². The highest BCUT2D eigenvalue weighted by atomic mass is 32.3. The smallest absolute Gasteiger partial charge is 0.390 e. The van der Waals surface area contributed by atoms with E-state index in [-0.39, 0.29) is 17.8 Å². The van der Waals surface area contributed by atoms with Gasteiger partial charge in [-0.1, -0.05) is 56.6 Å². The summed E-state index contributed by atoms with van der Waals surface area (Å²) in [6.45, 7) is 2.66. The predicted molar refractivity (Wildman–Crippen MR) is 133 cm³/mol. The molecule has 0 radical (unpaired) electrons. The van der Waals surface area contributed by atoms with Crippen LogP contribution in [-0.2, 0) is 14.6 Å². The summed E-state index contributed by atoms with van der Waals surface area (Å²) in [4.78, 5) is 0. The van der Waals surface area contributed by atoms with E-state index in [9.17, 15) is 13.5 Å². The summed E-state index contributed by atoms with van der Waals surface area (Å²) in [6, 6.07) is 0. The first-order chi connectivity index (χ1) is 17.8. The van der Waals surface area contributed by atoms with E-state index in [4.69, 9.17) is 17.0 Å². The fourth-order valence-corrected chi connectivity index (χ4v) is 7.24. The summed E-state index contributed by atoms with van der Waals surface area (Å²) in [6.07, 6.45) is 11.0. The van der Waals surface area contributed by atoms with E-state index in [1.54, 1.807) is 0 Å². The fraction of sp³-hybridized carbons (Fsp3) is 0.778. The lowest BCUT2D eigenvalue weighted by atomic mass is 9.60. The molecule has 0 spiro atoms. The van der Waals surface area contributed by atoms with Crippen molar-refractivity contribution in [3.63, 3.8) is 0 Å². The lowest BCUT2D eigenvalue weighted by Gasteiger charge is -2.44. The number of fused-ring (bicyclic) bond motifs is 1. The Morgan fingerprint density at radius 2 is 2.06 bits per heavy atom. The van der Waals surface area contributed by atoms with Crippen LogP contribution < -0.4 is 0 Å². The van der Waals surface area contributed by atoms with Crippen molar-refractivity contribution in [2.24, 2.45) is 23.2 Å². The number of hydrogen-bond acceptors (Lipinski definition) is 4. The lowest BCUT2D eigenvalue weighted by Crippen LogP contribution is -2.36. The number of aliphatic hydroxyl groups is 1. The van der Waals surface area contributed by atoms with Crippen molar-refractivity contribution >= 4 is 10.4 Å². The average molecular weight is 487 g/mol. The van der Waals surface area contributed by atoms with Gasteiger partial charge >= 0.3 is 10.4 Å². The second kappa shape index (κ2) is 10.3. The summed E-state index contributed by atoms with van der Waals surface area (Å²) < 4.78 is 81.8. The number of allylic oxidation sites excluding steroid dienone is 4. The van der Waals surface area contributed by atoms with E-state index in [1.807, 2.05) is 6.08 Å². The molecule has 188 valence electrons. The molecule has 5 nitrogen and oxygen atoms in total. The second-order valence-electron chi connectivity index (χ2n) is 10.8. The maximum atomic E-state index is 11.2. The molecule has 0 aromatic carbocycles. The zero-order valence-electron chi connectivity index (χ0n) is 26.0. The normalized spacial score (nSPS) is 38.1. The molecule has 0 aromatic rings. The molecule has 0 unspecified atom stereocenters. The molecule has 5 atom stereocenters. The van der Waals surface area contributed by atoms with E-state index >= 15 is 0 Å². The van der Waals surface area contributed by atoms with Gasteiger partial charge in [0.15, 0.2) is 0 Å². The van der Waals surface area contributed by atoms with Gasteiger partial charge in [0, 0.05) is 14.6 Å². The van der Waals surface area contributed by atoms with Gasteiger partial charge in [0.1, 0.15) is 0 Å². The van der Waals surface area contributed by atoms with E-state index in [2.05, 4.69) is 26.5 Å². The van der Waals surface area contributed by atoms with Crippen LogP contribution in [-0.4, -0.2) is 29.8 Å². The molecule has 0 aliphatic heterocycles. The quantitative estimate of drug-likeness (QED) is 0.380. The van der Waals surface area contributed by atoms with Crippen molar-refractivity contribution in [2.75, 3.05) is 0 Å². The molecule has 3 rings (SSSR count). The Balaban J connectivity index is 1.69. The first-order valence-electron chi connectivity index (χ1n) is 15.2. The highest BCUT2D eigenvalue weighted by Gasteiger charge is 2.50. The third-order valence-electron chi connectivity index (χ3n) is 8.35. The van der Waals surface area contributed by atoms with Gasteiger partial charge < -0.3 is 5.11 Å². The first-order valence-corrected chi connectivity index (χ1v) is 13.6. The van der Waals surface area contributed by atoms with Crippen LogP contribution in [0.3, 0.4) is 0 Å².